The highest BCUT2D eigenvalue weighted by atomic mass is 35.5. The van der Waals surface area contributed by atoms with Crippen molar-refractivity contribution in [1.29, 1.82) is 0 Å². The van der Waals surface area contributed by atoms with Crippen LogP contribution in [0.2, 0.25) is 10.0 Å². The topological polar surface area (TPSA) is 72.0 Å². The van der Waals surface area contributed by atoms with Crippen molar-refractivity contribution < 1.29 is 8.42 Å². The van der Waals surface area contributed by atoms with Crippen molar-refractivity contribution >= 4 is 61.3 Å². The molecule has 1 aromatic carbocycles. The number of benzene rings is 1. The summed E-state index contributed by atoms with van der Waals surface area (Å²) in [5.74, 6) is 0.286. The Morgan fingerprint density at radius 3 is 2.87 bits per heavy atom. The first-order chi connectivity index (χ1) is 10.9. The van der Waals surface area contributed by atoms with E-state index in [0.717, 1.165) is 0 Å². The Morgan fingerprint density at radius 1 is 1.35 bits per heavy atom. The first-order valence-electron chi connectivity index (χ1n) is 6.41. The second-order valence-corrected chi connectivity index (χ2v) is 9.53. The van der Waals surface area contributed by atoms with Gasteiger partial charge in [-0.25, -0.2) is 8.42 Å². The van der Waals surface area contributed by atoms with Gasteiger partial charge in [0.25, 0.3) is 0 Å². The minimum Gasteiger partial charge on any atom is -0.357 e. The van der Waals surface area contributed by atoms with Crippen LogP contribution in [0, 0.1) is 0 Å². The van der Waals surface area contributed by atoms with Crippen molar-refractivity contribution in [3.05, 3.63) is 40.9 Å². The molecule has 1 heterocycles. The van der Waals surface area contributed by atoms with Crippen LogP contribution in [0.4, 0.5) is 5.13 Å². The van der Waals surface area contributed by atoms with Crippen LogP contribution in [-0.2, 0) is 9.84 Å². The molecule has 2 aromatic rings. The molecule has 0 aliphatic carbocycles. The monoisotopic (exact) mass is 409 g/mol. The third-order valence-electron chi connectivity index (χ3n) is 2.61. The summed E-state index contributed by atoms with van der Waals surface area (Å²) >= 11 is 14.5. The Hall–Kier alpha value is -0.800. The molecule has 0 radical (unpaired) electrons. The Morgan fingerprint density at radius 2 is 2.13 bits per heavy atom. The number of aromatic nitrogens is 2. The molecular weight excluding hydrogens is 397 g/mol. The molecule has 10 heteroatoms. The summed E-state index contributed by atoms with van der Waals surface area (Å²) in [5.41, 5.74) is 0. The van der Waals surface area contributed by atoms with Gasteiger partial charge < -0.3 is 5.32 Å². The van der Waals surface area contributed by atoms with E-state index in [2.05, 4.69) is 22.1 Å². The standard InChI is InChI=1S/C13H13Cl2N3O2S3/c1-2-5-16-12-17-18-13(22-12)21-6-7-23(19,20)11-8-9(14)3-4-10(11)15/h2-4,8H,1,5-7H2,(H,16,17). The van der Waals surface area contributed by atoms with E-state index in [1.54, 1.807) is 12.1 Å². The van der Waals surface area contributed by atoms with Gasteiger partial charge in [-0.15, -0.1) is 16.8 Å². The molecule has 5 nitrogen and oxygen atoms in total. The highest BCUT2D eigenvalue weighted by Gasteiger charge is 2.19. The number of sulfone groups is 1. The lowest BCUT2D eigenvalue weighted by atomic mass is 10.4. The normalized spacial score (nSPS) is 11.4. The fourth-order valence-corrected chi connectivity index (χ4v) is 5.85. The number of nitrogens with one attached hydrogen (secondary N) is 1. The molecule has 1 aromatic heterocycles. The highest BCUT2D eigenvalue weighted by Crippen LogP contribution is 2.29. The van der Waals surface area contributed by atoms with E-state index in [1.165, 1.54) is 35.2 Å². The maximum atomic E-state index is 12.3. The van der Waals surface area contributed by atoms with E-state index >= 15 is 0 Å². The second-order valence-electron chi connectivity index (χ2n) is 4.28. The third kappa shape index (κ3) is 5.36. The summed E-state index contributed by atoms with van der Waals surface area (Å²) in [6.45, 7) is 4.20. The molecule has 0 unspecified atom stereocenters. The van der Waals surface area contributed by atoms with Gasteiger partial charge in [-0.05, 0) is 18.2 Å². The van der Waals surface area contributed by atoms with Crippen LogP contribution in [0.1, 0.15) is 0 Å². The smallest absolute Gasteiger partial charge is 0.206 e. The lowest BCUT2D eigenvalue weighted by molar-refractivity contribution is 0.597. The van der Waals surface area contributed by atoms with Gasteiger partial charge in [-0.1, -0.05) is 52.4 Å². The zero-order chi connectivity index (χ0) is 16.9. The summed E-state index contributed by atoms with van der Waals surface area (Å²) in [6.07, 6.45) is 1.72. The molecule has 1 N–H and O–H groups in total. The summed E-state index contributed by atoms with van der Waals surface area (Å²) < 4.78 is 25.4. The minimum atomic E-state index is -3.50. The third-order valence-corrected chi connectivity index (χ3v) is 7.31. The van der Waals surface area contributed by atoms with Crippen molar-refractivity contribution in [3.63, 3.8) is 0 Å². The molecule has 23 heavy (non-hydrogen) atoms. The predicted molar refractivity (Wildman–Crippen MR) is 97.8 cm³/mol. The lowest BCUT2D eigenvalue weighted by Gasteiger charge is -2.06. The molecule has 0 atom stereocenters. The van der Waals surface area contributed by atoms with Crippen molar-refractivity contribution in [2.24, 2.45) is 0 Å². The van der Waals surface area contributed by atoms with Crippen LogP contribution in [0.25, 0.3) is 0 Å². The second kappa shape index (κ2) is 8.34. The molecule has 0 spiro atoms. The van der Waals surface area contributed by atoms with Gasteiger partial charge in [0.2, 0.25) is 5.13 Å². The number of anilines is 1. The quantitative estimate of drug-likeness (QED) is 0.524. The molecule has 0 saturated carbocycles. The van der Waals surface area contributed by atoms with Gasteiger partial charge in [0.1, 0.15) is 0 Å². The Labute approximate surface area is 153 Å². The first-order valence-corrected chi connectivity index (χ1v) is 10.6. The number of hydrogen-bond donors (Lipinski definition) is 1. The van der Waals surface area contributed by atoms with E-state index in [-0.39, 0.29) is 15.7 Å². The van der Waals surface area contributed by atoms with Gasteiger partial charge in [0, 0.05) is 17.3 Å². The molecule has 0 aliphatic heterocycles. The van der Waals surface area contributed by atoms with Gasteiger partial charge in [0.05, 0.1) is 15.7 Å². The van der Waals surface area contributed by atoms with Crippen LogP contribution >= 0.6 is 46.3 Å². The van der Waals surface area contributed by atoms with Gasteiger partial charge in [-0.3, -0.25) is 0 Å². The molecule has 0 amide bonds. The van der Waals surface area contributed by atoms with Crippen LogP contribution < -0.4 is 5.32 Å². The minimum absolute atomic E-state index is 0.0536. The largest absolute Gasteiger partial charge is 0.357 e. The zero-order valence-corrected chi connectivity index (χ0v) is 15.8. The van der Waals surface area contributed by atoms with Crippen LogP contribution in [-0.4, -0.2) is 36.7 Å². The van der Waals surface area contributed by atoms with Crippen molar-refractivity contribution in [3.8, 4) is 0 Å². The molecule has 2 rings (SSSR count). The summed E-state index contributed by atoms with van der Waals surface area (Å²) in [5, 5.41) is 12.1. The Balaban J connectivity index is 1.96. The number of hydrogen-bond acceptors (Lipinski definition) is 7. The highest BCUT2D eigenvalue weighted by molar-refractivity contribution is 8.02. The van der Waals surface area contributed by atoms with Crippen LogP contribution in [0.5, 0.6) is 0 Å². The fraction of sp³-hybridized carbons (Fsp3) is 0.231. The molecule has 0 fully saturated rings. The van der Waals surface area contributed by atoms with Crippen molar-refractivity contribution in [2.45, 2.75) is 9.24 Å². The van der Waals surface area contributed by atoms with E-state index in [9.17, 15) is 8.42 Å². The van der Waals surface area contributed by atoms with Gasteiger partial charge in [-0.2, -0.15) is 0 Å². The Kier molecular flexibility index (Phi) is 6.72. The summed E-state index contributed by atoms with van der Waals surface area (Å²) in [4.78, 5) is 0.0536. The van der Waals surface area contributed by atoms with E-state index < -0.39 is 9.84 Å². The molecular formula is C13H13Cl2N3O2S3. The SMILES string of the molecule is C=CCNc1nnc(SCCS(=O)(=O)c2cc(Cl)ccc2Cl)s1. The van der Waals surface area contributed by atoms with Crippen molar-refractivity contribution in [2.75, 3.05) is 23.4 Å². The van der Waals surface area contributed by atoms with Gasteiger partial charge >= 0.3 is 0 Å². The fourth-order valence-electron chi connectivity index (χ4n) is 1.56. The van der Waals surface area contributed by atoms with E-state index in [1.807, 2.05) is 0 Å². The zero-order valence-electron chi connectivity index (χ0n) is 11.8. The number of nitrogens with zero attached hydrogens (tertiary/aromatic N) is 2. The molecule has 0 bridgehead atoms. The molecule has 124 valence electrons. The molecule has 0 saturated heterocycles. The summed E-state index contributed by atoms with van der Waals surface area (Å²) in [7, 11) is -3.50. The predicted octanol–water partition coefficient (Wildman–Crippen LogP) is 4.01. The first kappa shape index (κ1) is 18.5. The average molecular weight is 410 g/mol. The molecule has 0 aliphatic rings. The maximum absolute atomic E-state index is 12.3. The van der Waals surface area contributed by atoms with Crippen LogP contribution in [0.15, 0.2) is 40.1 Å². The average Bonchev–Trinajstić information content (AvgIpc) is 2.95. The van der Waals surface area contributed by atoms with Gasteiger partial charge in [0.15, 0.2) is 14.2 Å². The van der Waals surface area contributed by atoms with E-state index in [0.29, 0.717) is 26.8 Å². The van der Waals surface area contributed by atoms with Crippen LogP contribution in [0.3, 0.4) is 0 Å². The van der Waals surface area contributed by atoms with E-state index in [4.69, 9.17) is 23.2 Å². The summed E-state index contributed by atoms with van der Waals surface area (Å²) in [6, 6.07) is 4.40. The number of rotatable bonds is 8. The lowest BCUT2D eigenvalue weighted by Crippen LogP contribution is -2.09. The number of halogens is 2. The van der Waals surface area contributed by atoms with Crippen molar-refractivity contribution in [1.82, 2.24) is 10.2 Å². The maximum Gasteiger partial charge on any atom is 0.206 e. The Bertz CT molecular complexity index is 794. The number of thioether (sulfide) groups is 1.